The van der Waals surface area contributed by atoms with Crippen LogP contribution in [0.25, 0.3) is 0 Å². The second-order valence-electron chi connectivity index (χ2n) is 5.01. The minimum atomic E-state index is -1.03. The first-order valence-electron chi connectivity index (χ1n) is 6.31. The average Bonchev–Trinajstić information content (AvgIpc) is 2.95. The number of benzene rings is 1. The Hall–Kier alpha value is -2.17. The van der Waals surface area contributed by atoms with Crippen molar-refractivity contribution in [2.24, 2.45) is 11.8 Å². The molecule has 1 aliphatic heterocycles. The fourth-order valence-electron chi connectivity index (χ4n) is 3.00. The van der Waals surface area contributed by atoms with Gasteiger partial charge in [0.15, 0.2) is 0 Å². The van der Waals surface area contributed by atoms with Crippen LogP contribution in [0.4, 0.5) is 5.69 Å². The van der Waals surface area contributed by atoms with Crippen molar-refractivity contribution in [3.8, 4) is 0 Å². The molecule has 2 amide bonds. The fourth-order valence-corrected chi connectivity index (χ4v) is 3.00. The molecule has 0 radical (unpaired) electrons. The van der Waals surface area contributed by atoms with Crippen LogP contribution in [0.3, 0.4) is 0 Å². The SMILES string of the molecule is O=C(O)c1ccc(N2C(=O)C3CCCC3C2=O)cc1. The lowest BCUT2D eigenvalue weighted by Gasteiger charge is -2.15. The molecular weight excluding hydrogens is 246 g/mol. The number of aromatic carboxylic acids is 1. The standard InChI is InChI=1S/C14H13NO4/c16-12-10-2-1-3-11(10)13(17)15(12)9-6-4-8(5-7-9)14(18)19/h4-7,10-11H,1-3H2,(H,18,19). The first-order chi connectivity index (χ1) is 9.09. The van der Waals surface area contributed by atoms with Gasteiger partial charge >= 0.3 is 5.97 Å². The smallest absolute Gasteiger partial charge is 0.335 e. The van der Waals surface area contributed by atoms with Gasteiger partial charge in [0.25, 0.3) is 0 Å². The summed E-state index contributed by atoms with van der Waals surface area (Å²) in [5.41, 5.74) is 0.609. The second kappa shape index (κ2) is 4.19. The van der Waals surface area contributed by atoms with E-state index in [4.69, 9.17) is 5.11 Å². The molecule has 0 aromatic heterocycles. The third kappa shape index (κ3) is 1.73. The van der Waals surface area contributed by atoms with E-state index in [1.165, 1.54) is 29.2 Å². The van der Waals surface area contributed by atoms with Crippen molar-refractivity contribution >= 4 is 23.5 Å². The molecule has 1 saturated carbocycles. The Morgan fingerprint density at radius 2 is 1.58 bits per heavy atom. The summed E-state index contributed by atoms with van der Waals surface area (Å²) in [4.78, 5) is 36.4. The quantitative estimate of drug-likeness (QED) is 0.820. The molecule has 19 heavy (non-hydrogen) atoms. The van der Waals surface area contributed by atoms with Crippen LogP contribution < -0.4 is 4.90 Å². The maximum Gasteiger partial charge on any atom is 0.335 e. The molecule has 1 heterocycles. The number of amides is 2. The van der Waals surface area contributed by atoms with E-state index in [1.807, 2.05) is 0 Å². The summed E-state index contributed by atoms with van der Waals surface area (Å²) < 4.78 is 0. The minimum Gasteiger partial charge on any atom is -0.478 e. The number of carboxylic acid groups (broad SMARTS) is 1. The number of anilines is 1. The number of nitrogens with zero attached hydrogens (tertiary/aromatic N) is 1. The van der Waals surface area contributed by atoms with Crippen molar-refractivity contribution in [1.82, 2.24) is 0 Å². The molecule has 1 N–H and O–H groups in total. The normalized spacial score (nSPS) is 25.8. The highest BCUT2D eigenvalue weighted by Crippen LogP contribution is 2.41. The fraction of sp³-hybridized carbons (Fsp3) is 0.357. The van der Waals surface area contributed by atoms with E-state index in [-0.39, 0.29) is 29.2 Å². The summed E-state index contributed by atoms with van der Waals surface area (Å²) in [5, 5.41) is 8.83. The lowest BCUT2D eigenvalue weighted by atomic mass is 10.00. The van der Waals surface area contributed by atoms with E-state index in [9.17, 15) is 14.4 Å². The monoisotopic (exact) mass is 259 g/mol. The van der Waals surface area contributed by atoms with E-state index < -0.39 is 5.97 Å². The van der Waals surface area contributed by atoms with Gasteiger partial charge < -0.3 is 5.11 Å². The minimum absolute atomic E-state index is 0.142. The number of hydrogen-bond acceptors (Lipinski definition) is 3. The Balaban J connectivity index is 1.92. The highest BCUT2D eigenvalue weighted by molar-refractivity contribution is 6.22. The van der Waals surface area contributed by atoms with E-state index in [0.717, 1.165) is 19.3 Å². The molecular formula is C14H13NO4. The van der Waals surface area contributed by atoms with Crippen LogP contribution in [-0.4, -0.2) is 22.9 Å². The number of fused-ring (bicyclic) bond motifs is 1. The third-order valence-corrected chi connectivity index (χ3v) is 3.96. The summed E-state index contributed by atoms with van der Waals surface area (Å²) in [5.74, 6) is -1.66. The first kappa shape index (κ1) is 11.9. The van der Waals surface area contributed by atoms with Gasteiger partial charge in [-0.25, -0.2) is 4.79 Å². The molecule has 1 aromatic rings. The molecule has 1 aliphatic carbocycles. The number of hydrogen-bond donors (Lipinski definition) is 1. The third-order valence-electron chi connectivity index (χ3n) is 3.96. The van der Waals surface area contributed by atoms with Gasteiger partial charge in [0.2, 0.25) is 11.8 Å². The average molecular weight is 259 g/mol. The Kier molecular flexibility index (Phi) is 2.62. The summed E-state index contributed by atoms with van der Waals surface area (Å²) >= 11 is 0. The maximum absolute atomic E-state index is 12.2. The number of carbonyl (C=O) groups excluding carboxylic acids is 2. The highest BCUT2D eigenvalue weighted by atomic mass is 16.4. The zero-order valence-corrected chi connectivity index (χ0v) is 10.2. The molecule has 1 aromatic carbocycles. The van der Waals surface area contributed by atoms with E-state index in [2.05, 4.69) is 0 Å². The number of rotatable bonds is 2. The molecule has 2 unspecified atom stereocenters. The predicted octanol–water partition coefficient (Wildman–Crippen LogP) is 1.67. The topological polar surface area (TPSA) is 74.7 Å². The van der Waals surface area contributed by atoms with Gasteiger partial charge in [-0.3, -0.25) is 14.5 Å². The Labute approximate surface area is 109 Å². The summed E-state index contributed by atoms with van der Waals surface area (Å²) in [7, 11) is 0. The van der Waals surface area contributed by atoms with E-state index in [1.54, 1.807) is 0 Å². The molecule has 0 bridgehead atoms. The second-order valence-corrected chi connectivity index (χ2v) is 5.01. The zero-order valence-electron chi connectivity index (χ0n) is 10.2. The molecule has 1 saturated heterocycles. The van der Waals surface area contributed by atoms with Crippen LogP contribution in [0, 0.1) is 11.8 Å². The van der Waals surface area contributed by atoms with Gasteiger partial charge in [-0.15, -0.1) is 0 Å². The van der Waals surface area contributed by atoms with Crippen molar-refractivity contribution in [3.05, 3.63) is 29.8 Å². The zero-order chi connectivity index (χ0) is 13.6. The molecule has 2 atom stereocenters. The van der Waals surface area contributed by atoms with Gasteiger partial charge in [-0.05, 0) is 37.1 Å². The molecule has 5 nitrogen and oxygen atoms in total. The van der Waals surface area contributed by atoms with Crippen LogP contribution in [0.5, 0.6) is 0 Å². The molecule has 2 aliphatic rings. The van der Waals surface area contributed by atoms with Crippen LogP contribution in [0.1, 0.15) is 29.6 Å². The summed E-state index contributed by atoms with van der Waals surface area (Å²) in [6.07, 6.45) is 2.48. The van der Waals surface area contributed by atoms with Crippen LogP contribution in [0.2, 0.25) is 0 Å². The molecule has 3 rings (SSSR count). The molecule has 0 spiro atoms. The highest BCUT2D eigenvalue weighted by Gasteiger charge is 2.50. The van der Waals surface area contributed by atoms with Crippen molar-refractivity contribution in [2.75, 3.05) is 4.90 Å². The van der Waals surface area contributed by atoms with Gasteiger partial charge in [-0.2, -0.15) is 0 Å². The van der Waals surface area contributed by atoms with Crippen LogP contribution in [0.15, 0.2) is 24.3 Å². The molecule has 2 fully saturated rings. The number of imide groups is 1. The van der Waals surface area contributed by atoms with Crippen molar-refractivity contribution < 1.29 is 19.5 Å². The van der Waals surface area contributed by atoms with Crippen LogP contribution in [-0.2, 0) is 9.59 Å². The van der Waals surface area contributed by atoms with E-state index >= 15 is 0 Å². The van der Waals surface area contributed by atoms with Gasteiger partial charge in [0.05, 0.1) is 23.1 Å². The Morgan fingerprint density at radius 1 is 1.05 bits per heavy atom. The maximum atomic E-state index is 12.2. The Morgan fingerprint density at radius 3 is 2.05 bits per heavy atom. The summed E-state index contributed by atoms with van der Waals surface area (Å²) in [6.45, 7) is 0. The van der Waals surface area contributed by atoms with Gasteiger partial charge in [0, 0.05) is 0 Å². The number of carboxylic acids is 1. The van der Waals surface area contributed by atoms with Gasteiger partial charge in [-0.1, -0.05) is 6.42 Å². The van der Waals surface area contributed by atoms with E-state index in [0.29, 0.717) is 5.69 Å². The van der Waals surface area contributed by atoms with Crippen molar-refractivity contribution in [1.29, 1.82) is 0 Å². The first-order valence-corrected chi connectivity index (χ1v) is 6.31. The predicted molar refractivity (Wildman–Crippen MR) is 66.7 cm³/mol. The largest absolute Gasteiger partial charge is 0.478 e. The lowest BCUT2D eigenvalue weighted by Crippen LogP contribution is -2.31. The lowest BCUT2D eigenvalue weighted by molar-refractivity contribution is -0.122. The molecule has 5 heteroatoms. The van der Waals surface area contributed by atoms with Crippen molar-refractivity contribution in [3.63, 3.8) is 0 Å². The van der Waals surface area contributed by atoms with Crippen molar-refractivity contribution in [2.45, 2.75) is 19.3 Å². The summed E-state index contributed by atoms with van der Waals surface area (Å²) in [6, 6.07) is 5.85. The van der Waals surface area contributed by atoms with Crippen LogP contribution >= 0.6 is 0 Å². The Bertz CT molecular complexity index is 541. The van der Waals surface area contributed by atoms with Gasteiger partial charge in [0.1, 0.15) is 0 Å². The number of carbonyl (C=O) groups is 3. The molecule has 98 valence electrons.